The lowest BCUT2D eigenvalue weighted by molar-refractivity contribution is 0.321. The van der Waals surface area contributed by atoms with E-state index in [-0.39, 0.29) is 11.5 Å². The molecule has 0 fully saturated rings. The quantitative estimate of drug-likeness (QED) is 0.908. The second-order valence-corrected chi connectivity index (χ2v) is 6.51. The van der Waals surface area contributed by atoms with Crippen molar-refractivity contribution in [2.75, 3.05) is 18.0 Å². The molecule has 0 aliphatic heterocycles. The second kappa shape index (κ2) is 5.84. The molecule has 1 atom stereocenters. The summed E-state index contributed by atoms with van der Waals surface area (Å²) in [5.41, 5.74) is 7.77. The van der Waals surface area contributed by atoms with E-state index < -0.39 is 0 Å². The van der Waals surface area contributed by atoms with Gasteiger partial charge in [0.15, 0.2) is 0 Å². The van der Waals surface area contributed by atoms with Crippen molar-refractivity contribution in [2.24, 2.45) is 11.1 Å². The summed E-state index contributed by atoms with van der Waals surface area (Å²) in [7, 11) is 0. The Balaban J connectivity index is 2.35. The van der Waals surface area contributed by atoms with Gasteiger partial charge in [-0.05, 0) is 23.8 Å². The number of likely N-dealkylation sites (N-methyl/N-ethyl adjacent to an activating group) is 1. The van der Waals surface area contributed by atoms with Crippen molar-refractivity contribution >= 4 is 16.5 Å². The molecule has 108 valence electrons. The lowest BCUT2D eigenvalue weighted by atomic mass is 9.87. The van der Waals surface area contributed by atoms with Gasteiger partial charge in [-0.1, -0.05) is 57.2 Å². The van der Waals surface area contributed by atoms with Crippen molar-refractivity contribution < 1.29 is 0 Å². The van der Waals surface area contributed by atoms with E-state index in [9.17, 15) is 0 Å². The number of anilines is 1. The molecule has 0 radical (unpaired) electrons. The van der Waals surface area contributed by atoms with Crippen LogP contribution < -0.4 is 10.6 Å². The molecule has 1 unspecified atom stereocenters. The molecule has 0 heterocycles. The van der Waals surface area contributed by atoms with Crippen molar-refractivity contribution in [3.8, 4) is 0 Å². The van der Waals surface area contributed by atoms with Crippen LogP contribution in [0.25, 0.3) is 10.8 Å². The molecule has 0 saturated heterocycles. The third kappa shape index (κ3) is 3.13. The zero-order valence-corrected chi connectivity index (χ0v) is 13.1. The zero-order valence-electron chi connectivity index (χ0n) is 13.1. The van der Waals surface area contributed by atoms with Gasteiger partial charge in [0.2, 0.25) is 0 Å². The molecule has 2 aromatic carbocycles. The zero-order chi connectivity index (χ0) is 14.8. The van der Waals surface area contributed by atoms with Crippen LogP contribution in [0.4, 0.5) is 5.69 Å². The Morgan fingerprint density at radius 3 is 2.35 bits per heavy atom. The molecule has 0 aliphatic rings. The Kier molecular flexibility index (Phi) is 4.34. The summed E-state index contributed by atoms with van der Waals surface area (Å²) < 4.78 is 0. The minimum atomic E-state index is 0.123. The molecule has 0 aliphatic carbocycles. The molecular formula is C18H26N2. The summed E-state index contributed by atoms with van der Waals surface area (Å²) in [4.78, 5) is 2.39. The molecule has 0 bridgehead atoms. The van der Waals surface area contributed by atoms with Gasteiger partial charge < -0.3 is 10.6 Å². The van der Waals surface area contributed by atoms with Crippen LogP contribution in [0.15, 0.2) is 42.5 Å². The van der Waals surface area contributed by atoms with E-state index in [2.05, 4.69) is 75.1 Å². The van der Waals surface area contributed by atoms with Gasteiger partial charge >= 0.3 is 0 Å². The molecule has 0 spiro atoms. The fourth-order valence-electron chi connectivity index (χ4n) is 2.39. The van der Waals surface area contributed by atoms with Gasteiger partial charge in [-0.15, -0.1) is 0 Å². The molecule has 2 N–H and O–H groups in total. The largest absolute Gasteiger partial charge is 0.370 e. The summed E-state index contributed by atoms with van der Waals surface area (Å²) in [6.45, 7) is 10.7. The number of nitrogens with zero attached hydrogens (tertiary/aromatic N) is 1. The molecule has 0 amide bonds. The van der Waals surface area contributed by atoms with E-state index >= 15 is 0 Å². The second-order valence-electron chi connectivity index (χ2n) is 6.51. The van der Waals surface area contributed by atoms with Crippen LogP contribution in [0.1, 0.15) is 27.7 Å². The molecule has 20 heavy (non-hydrogen) atoms. The Hall–Kier alpha value is -1.54. The van der Waals surface area contributed by atoms with Crippen LogP contribution in [0, 0.1) is 5.41 Å². The molecule has 2 nitrogen and oxygen atoms in total. The fourth-order valence-corrected chi connectivity index (χ4v) is 2.39. The summed E-state index contributed by atoms with van der Waals surface area (Å²) in [6, 6.07) is 15.2. The molecule has 0 saturated carbocycles. The van der Waals surface area contributed by atoms with E-state index in [0.29, 0.717) is 0 Å². The molecular weight excluding hydrogens is 244 g/mol. The predicted octanol–water partition coefficient (Wildman–Crippen LogP) is 4.04. The van der Waals surface area contributed by atoms with Crippen molar-refractivity contribution in [2.45, 2.75) is 33.7 Å². The first-order chi connectivity index (χ1) is 9.43. The van der Waals surface area contributed by atoms with Crippen LogP contribution in [-0.2, 0) is 0 Å². The van der Waals surface area contributed by atoms with Gasteiger partial charge in [-0.3, -0.25) is 0 Å². The van der Waals surface area contributed by atoms with Crippen molar-refractivity contribution in [3.05, 3.63) is 42.5 Å². The smallest absolute Gasteiger partial charge is 0.0446 e. The summed E-state index contributed by atoms with van der Waals surface area (Å²) in [5.74, 6) is 0. The first-order valence-electron chi connectivity index (χ1n) is 7.41. The van der Waals surface area contributed by atoms with E-state index in [0.717, 1.165) is 13.1 Å². The SMILES string of the molecule is CCN(CC(N)C(C)(C)C)c1cccc2ccccc12. The maximum atomic E-state index is 6.37. The average molecular weight is 270 g/mol. The Morgan fingerprint density at radius 2 is 1.70 bits per heavy atom. The first-order valence-corrected chi connectivity index (χ1v) is 7.41. The van der Waals surface area contributed by atoms with E-state index in [1.165, 1.54) is 16.5 Å². The minimum absolute atomic E-state index is 0.123. The summed E-state index contributed by atoms with van der Waals surface area (Å²) >= 11 is 0. The lowest BCUT2D eigenvalue weighted by Crippen LogP contribution is -2.45. The summed E-state index contributed by atoms with van der Waals surface area (Å²) in [6.07, 6.45) is 0. The minimum Gasteiger partial charge on any atom is -0.370 e. The fraction of sp³-hybridized carbons (Fsp3) is 0.444. The van der Waals surface area contributed by atoms with Gasteiger partial charge in [0, 0.05) is 30.2 Å². The topological polar surface area (TPSA) is 29.3 Å². The van der Waals surface area contributed by atoms with Crippen LogP contribution >= 0.6 is 0 Å². The van der Waals surface area contributed by atoms with E-state index in [4.69, 9.17) is 5.73 Å². The van der Waals surface area contributed by atoms with Crippen LogP contribution in [0.3, 0.4) is 0 Å². The van der Waals surface area contributed by atoms with Crippen LogP contribution in [-0.4, -0.2) is 19.1 Å². The molecule has 2 heteroatoms. The number of fused-ring (bicyclic) bond motifs is 1. The third-order valence-electron chi connectivity index (χ3n) is 4.02. The number of hydrogen-bond donors (Lipinski definition) is 1. The molecule has 2 aromatic rings. The first kappa shape index (κ1) is 14.9. The Bertz CT molecular complexity index is 564. The molecule has 0 aromatic heterocycles. The number of benzene rings is 2. The monoisotopic (exact) mass is 270 g/mol. The number of hydrogen-bond acceptors (Lipinski definition) is 2. The number of nitrogens with two attached hydrogens (primary N) is 1. The van der Waals surface area contributed by atoms with Gasteiger partial charge in [0.1, 0.15) is 0 Å². The van der Waals surface area contributed by atoms with Crippen LogP contribution in [0.5, 0.6) is 0 Å². The van der Waals surface area contributed by atoms with Gasteiger partial charge in [0.05, 0.1) is 0 Å². The van der Waals surface area contributed by atoms with E-state index in [1.807, 2.05) is 0 Å². The highest BCUT2D eigenvalue weighted by molar-refractivity contribution is 5.94. The van der Waals surface area contributed by atoms with Crippen molar-refractivity contribution in [3.63, 3.8) is 0 Å². The van der Waals surface area contributed by atoms with E-state index in [1.54, 1.807) is 0 Å². The average Bonchev–Trinajstić information content (AvgIpc) is 2.43. The summed E-state index contributed by atoms with van der Waals surface area (Å²) in [5, 5.41) is 2.59. The van der Waals surface area contributed by atoms with Gasteiger partial charge in [-0.25, -0.2) is 0 Å². The van der Waals surface area contributed by atoms with Crippen molar-refractivity contribution in [1.29, 1.82) is 0 Å². The normalized spacial score (nSPS) is 13.4. The Morgan fingerprint density at radius 1 is 1.05 bits per heavy atom. The number of rotatable bonds is 4. The van der Waals surface area contributed by atoms with Crippen molar-refractivity contribution in [1.82, 2.24) is 0 Å². The highest BCUT2D eigenvalue weighted by Gasteiger charge is 2.23. The maximum Gasteiger partial charge on any atom is 0.0446 e. The van der Waals surface area contributed by atoms with Gasteiger partial charge in [-0.2, -0.15) is 0 Å². The van der Waals surface area contributed by atoms with Gasteiger partial charge in [0.25, 0.3) is 0 Å². The third-order valence-corrected chi connectivity index (χ3v) is 4.02. The Labute approximate surface area is 122 Å². The molecule has 2 rings (SSSR count). The lowest BCUT2D eigenvalue weighted by Gasteiger charge is -2.34. The predicted molar refractivity (Wildman–Crippen MR) is 89.3 cm³/mol. The maximum absolute atomic E-state index is 6.37. The highest BCUT2D eigenvalue weighted by Crippen LogP contribution is 2.28. The van der Waals surface area contributed by atoms with Crippen LogP contribution in [0.2, 0.25) is 0 Å². The highest BCUT2D eigenvalue weighted by atomic mass is 15.1. The standard InChI is InChI=1S/C18H26N2/c1-5-20(13-17(19)18(2,3)4)16-12-8-10-14-9-6-7-11-15(14)16/h6-12,17H,5,13,19H2,1-4H3.